The van der Waals surface area contributed by atoms with Crippen LogP contribution in [-0.4, -0.2) is 27.7 Å². The van der Waals surface area contributed by atoms with E-state index < -0.39 is 24.0 Å². The van der Waals surface area contributed by atoms with Crippen LogP contribution in [0, 0.1) is 5.92 Å². The molecule has 8 heteroatoms. The Labute approximate surface area is 106 Å². The largest absolute Gasteiger partial charge is 0.391 e. The maximum atomic E-state index is 12.6. The zero-order chi connectivity index (χ0) is 13.2. The van der Waals surface area contributed by atoms with Crippen molar-refractivity contribution in [3.8, 4) is 0 Å². The number of nitrogens with one attached hydrogen (secondary N) is 1. The second kappa shape index (κ2) is 5.21. The molecule has 1 saturated carbocycles. The molecule has 100 valence electrons. The summed E-state index contributed by atoms with van der Waals surface area (Å²) in [4.78, 5) is 12.0. The molecule has 1 N–H and O–H groups in total. The van der Waals surface area contributed by atoms with Crippen molar-refractivity contribution in [3.63, 3.8) is 0 Å². The van der Waals surface area contributed by atoms with Gasteiger partial charge in [0.05, 0.1) is 12.1 Å². The van der Waals surface area contributed by atoms with E-state index in [0.717, 1.165) is 11.5 Å². The van der Waals surface area contributed by atoms with Crippen molar-refractivity contribution >= 4 is 17.4 Å². The first-order chi connectivity index (χ1) is 8.47. The summed E-state index contributed by atoms with van der Waals surface area (Å²) < 4.78 is 41.3. The molecule has 1 fully saturated rings. The molecule has 1 aromatic heterocycles. The number of hydrogen-bond donors (Lipinski definition) is 1. The summed E-state index contributed by atoms with van der Waals surface area (Å²) in [5.74, 6) is -1.70. The molecule has 1 aromatic rings. The molecule has 0 spiro atoms. The summed E-state index contributed by atoms with van der Waals surface area (Å²) in [6.07, 6.45) is -1.68. The maximum absolute atomic E-state index is 12.6. The second-order valence-corrected chi connectivity index (χ2v) is 5.14. The predicted molar refractivity (Wildman–Crippen MR) is 59.2 cm³/mol. The topological polar surface area (TPSA) is 54.9 Å². The van der Waals surface area contributed by atoms with Crippen LogP contribution in [0.25, 0.3) is 0 Å². The van der Waals surface area contributed by atoms with E-state index in [1.54, 1.807) is 0 Å². The number of nitrogens with zero attached hydrogens (tertiary/aromatic N) is 2. The zero-order valence-electron chi connectivity index (χ0n) is 9.41. The number of carbonyl (C=O) groups excluding carboxylic acids is 1. The lowest BCUT2D eigenvalue weighted by molar-refractivity contribution is -0.183. The van der Waals surface area contributed by atoms with Gasteiger partial charge >= 0.3 is 6.18 Å². The lowest BCUT2D eigenvalue weighted by Gasteiger charge is -2.30. The van der Waals surface area contributed by atoms with Crippen LogP contribution in [-0.2, 0) is 0 Å². The lowest BCUT2D eigenvalue weighted by atomic mass is 9.85. The maximum Gasteiger partial charge on any atom is 0.391 e. The van der Waals surface area contributed by atoms with Crippen LogP contribution in [0.1, 0.15) is 35.4 Å². The van der Waals surface area contributed by atoms with E-state index in [0.29, 0.717) is 17.7 Å². The first-order valence-corrected chi connectivity index (χ1v) is 6.39. The van der Waals surface area contributed by atoms with Gasteiger partial charge in [-0.15, -0.1) is 5.10 Å². The predicted octanol–water partition coefficient (Wildman–Crippen LogP) is 2.39. The summed E-state index contributed by atoms with van der Waals surface area (Å²) in [5, 5.41) is 6.13. The van der Waals surface area contributed by atoms with E-state index in [1.165, 1.54) is 6.20 Å². The number of hydrogen-bond acceptors (Lipinski definition) is 4. The Hall–Kier alpha value is -1.18. The van der Waals surface area contributed by atoms with Crippen LogP contribution in [0.2, 0.25) is 0 Å². The fraction of sp³-hybridized carbons (Fsp3) is 0.700. The van der Waals surface area contributed by atoms with Crippen LogP contribution >= 0.6 is 11.5 Å². The monoisotopic (exact) mass is 279 g/mol. The van der Waals surface area contributed by atoms with Gasteiger partial charge < -0.3 is 5.32 Å². The van der Waals surface area contributed by atoms with Gasteiger partial charge in [-0.25, -0.2) is 0 Å². The molecule has 2 rings (SSSR count). The standard InChI is InChI=1S/C10H12F3N3OS/c11-10(12,13)6-2-1-3-7(4-6)15-9(17)8-5-14-16-18-8/h5-7H,1-4H2,(H,15,17)/t6-,7-/m1/s1. The molecule has 1 amide bonds. The fourth-order valence-electron chi connectivity index (χ4n) is 2.14. The first-order valence-electron chi connectivity index (χ1n) is 5.61. The van der Waals surface area contributed by atoms with Gasteiger partial charge in [0.25, 0.3) is 5.91 Å². The summed E-state index contributed by atoms with van der Waals surface area (Å²) in [7, 11) is 0. The molecule has 1 aliphatic carbocycles. The molecule has 0 aromatic carbocycles. The van der Waals surface area contributed by atoms with Gasteiger partial charge in [0.15, 0.2) is 0 Å². The minimum absolute atomic E-state index is 0.0402. The molecule has 2 atom stereocenters. The highest BCUT2D eigenvalue weighted by molar-refractivity contribution is 7.07. The molecule has 18 heavy (non-hydrogen) atoms. The molecular weight excluding hydrogens is 267 g/mol. The lowest BCUT2D eigenvalue weighted by Crippen LogP contribution is -2.41. The van der Waals surface area contributed by atoms with Crippen molar-refractivity contribution in [1.29, 1.82) is 0 Å². The zero-order valence-corrected chi connectivity index (χ0v) is 10.2. The van der Waals surface area contributed by atoms with Crippen LogP contribution in [0.4, 0.5) is 13.2 Å². The van der Waals surface area contributed by atoms with E-state index in [2.05, 4.69) is 14.9 Å². The number of amides is 1. The molecule has 0 bridgehead atoms. The van der Waals surface area contributed by atoms with E-state index in [4.69, 9.17) is 0 Å². The number of alkyl halides is 3. The van der Waals surface area contributed by atoms with Crippen LogP contribution < -0.4 is 5.32 Å². The Morgan fingerprint density at radius 1 is 1.44 bits per heavy atom. The molecule has 0 aliphatic heterocycles. The Bertz CT molecular complexity index is 407. The number of rotatable bonds is 2. The summed E-state index contributed by atoms with van der Waals surface area (Å²) in [5.41, 5.74) is 0. The van der Waals surface area contributed by atoms with Gasteiger partial charge in [-0.1, -0.05) is 10.9 Å². The number of aromatic nitrogens is 2. The Morgan fingerprint density at radius 2 is 2.22 bits per heavy atom. The van der Waals surface area contributed by atoms with Gasteiger partial charge in [0, 0.05) is 6.04 Å². The molecule has 1 heterocycles. The Balaban J connectivity index is 1.92. The van der Waals surface area contributed by atoms with Crippen LogP contribution in [0.5, 0.6) is 0 Å². The van der Waals surface area contributed by atoms with Crippen LogP contribution in [0.3, 0.4) is 0 Å². The van der Waals surface area contributed by atoms with E-state index >= 15 is 0 Å². The highest BCUT2D eigenvalue weighted by Crippen LogP contribution is 2.37. The average molecular weight is 279 g/mol. The summed E-state index contributed by atoms with van der Waals surface area (Å²) in [6, 6.07) is -0.417. The minimum atomic E-state index is -4.17. The Kier molecular flexibility index (Phi) is 3.84. The van der Waals surface area contributed by atoms with Gasteiger partial charge in [-0.2, -0.15) is 13.2 Å². The fourth-order valence-corrected chi connectivity index (χ4v) is 2.56. The second-order valence-electron chi connectivity index (χ2n) is 4.36. The van der Waals surface area contributed by atoms with Crippen molar-refractivity contribution in [2.45, 2.75) is 37.9 Å². The molecule has 4 nitrogen and oxygen atoms in total. The van der Waals surface area contributed by atoms with E-state index in [9.17, 15) is 18.0 Å². The average Bonchev–Trinajstić information content (AvgIpc) is 2.81. The van der Waals surface area contributed by atoms with Crippen molar-refractivity contribution in [1.82, 2.24) is 14.9 Å². The van der Waals surface area contributed by atoms with Gasteiger partial charge in [-0.05, 0) is 30.8 Å². The Morgan fingerprint density at radius 3 is 2.83 bits per heavy atom. The SMILES string of the molecule is O=C(N[C@@H]1CCC[C@@H](C(F)(F)F)C1)c1cnns1. The molecule has 0 saturated heterocycles. The molecular formula is C10H12F3N3OS. The van der Waals surface area contributed by atoms with Crippen molar-refractivity contribution < 1.29 is 18.0 Å². The number of halogens is 3. The number of carbonyl (C=O) groups is 1. The third-order valence-electron chi connectivity index (χ3n) is 3.06. The highest BCUT2D eigenvalue weighted by atomic mass is 32.1. The molecule has 0 unspecified atom stereocenters. The van der Waals surface area contributed by atoms with Crippen LogP contribution in [0.15, 0.2) is 6.20 Å². The van der Waals surface area contributed by atoms with E-state index in [1.807, 2.05) is 0 Å². The van der Waals surface area contributed by atoms with Crippen molar-refractivity contribution in [2.24, 2.45) is 5.92 Å². The molecule has 0 radical (unpaired) electrons. The molecule has 1 aliphatic rings. The summed E-state index contributed by atoms with van der Waals surface area (Å²) in [6.45, 7) is 0. The van der Waals surface area contributed by atoms with Crippen molar-refractivity contribution in [2.75, 3.05) is 0 Å². The van der Waals surface area contributed by atoms with Crippen molar-refractivity contribution in [3.05, 3.63) is 11.1 Å². The van der Waals surface area contributed by atoms with E-state index in [-0.39, 0.29) is 12.8 Å². The van der Waals surface area contributed by atoms with Gasteiger partial charge in [-0.3, -0.25) is 4.79 Å². The normalized spacial score (nSPS) is 24.8. The van der Waals surface area contributed by atoms with Gasteiger partial charge in [0.2, 0.25) is 0 Å². The van der Waals surface area contributed by atoms with Gasteiger partial charge in [0.1, 0.15) is 4.88 Å². The minimum Gasteiger partial charge on any atom is -0.348 e. The first kappa shape index (κ1) is 13.3. The third-order valence-corrected chi connectivity index (χ3v) is 3.72. The third kappa shape index (κ3) is 3.18. The smallest absolute Gasteiger partial charge is 0.348 e. The highest BCUT2D eigenvalue weighted by Gasteiger charge is 2.42. The summed E-state index contributed by atoms with van der Waals surface area (Å²) >= 11 is 0.931. The quantitative estimate of drug-likeness (QED) is 0.904.